The SMILES string of the molecule is Cc1nn(C)c2nc(NNC(=O)Nc3cc(F)nc(Cl)c3)cc(C(C)C)c12. The van der Waals surface area contributed by atoms with Crippen molar-refractivity contribution < 1.29 is 9.18 Å². The lowest BCUT2D eigenvalue weighted by Crippen LogP contribution is -2.34. The summed E-state index contributed by atoms with van der Waals surface area (Å²) in [6.45, 7) is 6.09. The summed E-state index contributed by atoms with van der Waals surface area (Å²) >= 11 is 5.67. The number of carbonyl (C=O) groups is 1. The fraction of sp³-hybridized carbons (Fsp3) is 0.294. The molecule has 3 heterocycles. The predicted molar refractivity (Wildman–Crippen MR) is 102 cm³/mol. The Hall–Kier alpha value is -2.94. The number of rotatable bonds is 4. The van der Waals surface area contributed by atoms with E-state index in [1.807, 2.05) is 20.0 Å². The fourth-order valence-corrected chi connectivity index (χ4v) is 3.02. The first-order valence-electron chi connectivity index (χ1n) is 8.25. The van der Waals surface area contributed by atoms with E-state index in [0.29, 0.717) is 11.5 Å². The first-order valence-corrected chi connectivity index (χ1v) is 8.62. The van der Waals surface area contributed by atoms with E-state index in [9.17, 15) is 9.18 Å². The molecule has 0 unspecified atom stereocenters. The molecule has 0 radical (unpaired) electrons. The van der Waals surface area contributed by atoms with Gasteiger partial charge in [0.15, 0.2) is 5.65 Å². The highest BCUT2D eigenvalue weighted by Crippen LogP contribution is 2.28. The van der Waals surface area contributed by atoms with Crippen LogP contribution in [0.2, 0.25) is 5.15 Å². The molecule has 0 saturated heterocycles. The van der Waals surface area contributed by atoms with Crippen LogP contribution in [-0.2, 0) is 7.05 Å². The molecule has 3 rings (SSSR count). The average molecular weight is 392 g/mol. The third kappa shape index (κ3) is 4.08. The van der Waals surface area contributed by atoms with Crippen LogP contribution in [0.3, 0.4) is 0 Å². The molecule has 0 aliphatic rings. The van der Waals surface area contributed by atoms with E-state index in [2.05, 4.69) is 45.1 Å². The van der Waals surface area contributed by atoms with E-state index in [4.69, 9.17) is 11.6 Å². The lowest BCUT2D eigenvalue weighted by Gasteiger charge is -2.13. The van der Waals surface area contributed by atoms with Crippen molar-refractivity contribution in [3.05, 3.63) is 40.6 Å². The Morgan fingerprint density at radius 1 is 1.26 bits per heavy atom. The Labute approximate surface area is 160 Å². The minimum absolute atomic E-state index is 0.0569. The molecule has 0 fully saturated rings. The van der Waals surface area contributed by atoms with E-state index in [1.54, 1.807) is 4.68 Å². The predicted octanol–water partition coefficient (Wildman–Crippen LogP) is 3.74. The van der Waals surface area contributed by atoms with E-state index in [-0.39, 0.29) is 16.8 Å². The second-order valence-corrected chi connectivity index (χ2v) is 6.75. The van der Waals surface area contributed by atoms with Gasteiger partial charge < -0.3 is 5.32 Å². The maximum absolute atomic E-state index is 13.2. The van der Waals surface area contributed by atoms with Gasteiger partial charge in [0.1, 0.15) is 11.0 Å². The number of carbonyl (C=O) groups excluding carboxylic acids is 1. The average Bonchev–Trinajstić information content (AvgIpc) is 2.85. The lowest BCUT2D eigenvalue weighted by atomic mass is 10.00. The number of aromatic nitrogens is 4. The van der Waals surface area contributed by atoms with Crippen LogP contribution >= 0.6 is 11.6 Å². The molecule has 0 aromatic carbocycles. The zero-order valence-corrected chi connectivity index (χ0v) is 16.0. The van der Waals surface area contributed by atoms with Gasteiger partial charge in [0, 0.05) is 18.5 Å². The molecule has 0 atom stereocenters. The smallest absolute Gasteiger partial charge is 0.306 e. The van der Waals surface area contributed by atoms with Crippen molar-refractivity contribution in [3.63, 3.8) is 0 Å². The number of urea groups is 1. The van der Waals surface area contributed by atoms with Crippen LogP contribution in [0.1, 0.15) is 31.0 Å². The molecule has 0 aliphatic carbocycles. The third-order valence-electron chi connectivity index (χ3n) is 3.95. The van der Waals surface area contributed by atoms with Crippen molar-refractivity contribution in [1.29, 1.82) is 0 Å². The topological polar surface area (TPSA) is 96.8 Å². The number of anilines is 2. The highest BCUT2D eigenvalue weighted by Gasteiger charge is 2.16. The molecule has 0 aliphatic heterocycles. The summed E-state index contributed by atoms with van der Waals surface area (Å²) in [4.78, 5) is 19.9. The van der Waals surface area contributed by atoms with Gasteiger partial charge >= 0.3 is 6.03 Å². The molecule has 8 nitrogen and oxygen atoms in total. The summed E-state index contributed by atoms with van der Waals surface area (Å²) in [6.07, 6.45) is 0. The number of halogens is 2. The summed E-state index contributed by atoms with van der Waals surface area (Å²) in [5.74, 6) is -0.0796. The Bertz CT molecular complexity index is 998. The quantitative estimate of drug-likeness (QED) is 0.465. The summed E-state index contributed by atoms with van der Waals surface area (Å²) in [7, 11) is 1.82. The van der Waals surface area contributed by atoms with Crippen molar-refractivity contribution in [2.24, 2.45) is 7.05 Å². The third-order valence-corrected chi connectivity index (χ3v) is 4.14. The number of nitrogens with one attached hydrogen (secondary N) is 3. The number of hydrogen-bond donors (Lipinski definition) is 3. The van der Waals surface area contributed by atoms with Crippen LogP contribution in [0, 0.1) is 12.9 Å². The molecule has 0 bridgehead atoms. The number of hydrogen-bond acceptors (Lipinski definition) is 5. The molecular formula is C17H19ClFN7O. The number of fused-ring (bicyclic) bond motifs is 1. The second kappa shape index (κ2) is 7.36. The van der Waals surface area contributed by atoms with Gasteiger partial charge in [-0.15, -0.1) is 0 Å². The van der Waals surface area contributed by atoms with Crippen LogP contribution in [0.4, 0.5) is 20.7 Å². The second-order valence-electron chi connectivity index (χ2n) is 6.36. The molecule has 142 valence electrons. The van der Waals surface area contributed by atoms with Gasteiger partial charge in [-0.25, -0.2) is 14.8 Å². The standard InChI is InChI=1S/C17H19ClFN7O/c1-8(2)11-7-14(22-16-15(11)9(3)25-26(16)4)23-24-17(27)20-10-5-12(18)21-13(19)6-10/h5-8H,1-4H3,(H,22,23)(H2,20,21,24,27). The highest BCUT2D eigenvalue weighted by atomic mass is 35.5. The summed E-state index contributed by atoms with van der Waals surface area (Å²) < 4.78 is 14.9. The normalized spacial score (nSPS) is 11.1. The van der Waals surface area contributed by atoms with E-state index in [1.165, 1.54) is 6.07 Å². The van der Waals surface area contributed by atoms with Crippen LogP contribution < -0.4 is 16.2 Å². The number of hydrazine groups is 1. The Kier molecular flexibility index (Phi) is 5.13. The Morgan fingerprint density at radius 3 is 2.67 bits per heavy atom. The first-order chi connectivity index (χ1) is 12.7. The molecule has 0 spiro atoms. The highest BCUT2D eigenvalue weighted by molar-refractivity contribution is 6.29. The molecule has 3 aromatic heterocycles. The van der Waals surface area contributed by atoms with Gasteiger partial charge in [0.05, 0.1) is 11.4 Å². The van der Waals surface area contributed by atoms with E-state index in [0.717, 1.165) is 22.7 Å². The van der Waals surface area contributed by atoms with Crippen molar-refractivity contribution in [3.8, 4) is 0 Å². The fourth-order valence-electron chi connectivity index (χ4n) is 2.82. The minimum Gasteiger partial charge on any atom is -0.306 e. The molecule has 3 N–H and O–H groups in total. The zero-order chi connectivity index (χ0) is 19.7. The Balaban J connectivity index is 1.78. The molecule has 3 aromatic rings. The maximum Gasteiger partial charge on any atom is 0.337 e. The van der Waals surface area contributed by atoms with E-state index >= 15 is 0 Å². The zero-order valence-electron chi connectivity index (χ0n) is 15.3. The van der Waals surface area contributed by atoms with Gasteiger partial charge in [-0.2, -0.15) is 9.49 Å². The van der Waals surface area contributed by atoms with Gasteiger partial charge in [0.25, 0.3) is 0 Å². The monoisotopic (exact) mass is 391 g/mol. The number of pyridine rings is 2. The molecular weight excluding hydrogens is 373 g/mol. The first kappa shape index (κ1) is 18.8. The van der Waals surface area contributed by atoms with Crippen LogP contribution in [0.5, 0.6) is 0 Å². The lowest BCUT2D eigenvalue weighted by molar-refractivity contribution is 0.254. The summed E-state index contributed by atoms with van der Waals surface area (Å²) in [5, 5.41) is 7.82. The molecule has 0 saturated carbocycles. The van der Waals surface area contributed by atoms with Crippen LogP contribution in [0.25, 0.3) is 11.0 Å². The molecule has 10 heteroatoms. The van der Waals surface area contributed by atoms with Gasteiger partial charge in [-0.1, -0.05) is 25.4 Å². The van der Waals surface area contributed by atoms with Gasteiger partial charge in [0.2, 0.25) is 5.95 Å². The molecule has 2 amide bonds. The van der Waals surface area contributed by atoms with Crippen LogP contribution in [-0.4, -0.2) is 25.8 Å². The van der Waals surface area contributed by atoms with Crippen molar-refractivity contribution in [2.45, 2.75) is 26.7 Å². The van der Waals surface area contributed by atoms with Crippen molar-refractivity contribution >= 4 is 40.2 Å². The molecule has 27 heavy (non-hydrogen) atoms. The number of amides is 2. The minimum atomic E-state index is -0.786. The summed E-state index contributed by atoms with van der Waals surface area (Å²) in [6, 6.07) is 3.66. The maximum atomic E-state index is 13.2. The largest absolute Gasteiger partial charge is 0.337 e. The van der Waals surface area contributed by atoms with E-state index < -0.39 is 12.0 Å². The van der Waals surface area contributed by atoms with Gasteiger partial charge in [-0.3, -0.25) is 15.5 Å². The Morgan fingerprint density at radius 2 is 2.00 bits per heavy atom. The number of nitrogens with zero attached hydrogens (tertiary/aromatic N) is 4. The number of aryl methyl sites for hydroxylation is 2. The van der Waals surface area contributed by atoms with Crippen molar-refractivity contribution in [2.75, 3.05) is 10.7 Å². The van der Waals surface area contributed by atoms with Gasteiger partial charge in [-0.05, 0) is 30.5 Å². The van der Waals surface area contributed by atoms with Crippen LogP contribution in [0.15, 0.2) is 18.2 Å². The summed E-state index contributed by atoms with van der Waals surface area (Å²) in [5.41, 5.74) is 8.09. The van der Waals surface area contributed by atoms with Crippen molar-refractivity contribution in [1.82, 2.24) is 25.2 Å².